The summed E-state index contributed by atoms with van der Waals surface area (Å²) in [6, 6.07) is 6.94. The van der Waals surface area contributed by atoms with E-state index in [-0.39, 0.29) is 29.6 Å². The van der Waals surface area contributed by atoms with Crippen LogP contribution < -0.4 is 0 Å². The van der Waals surface area contributed by atoms with Crippen LogP contribution in [-0.2, 0) is 10.2 Å². The number of aliphatic carboxylic acids is 1. The Kier molecular flexibility index (Phi) is 6.77. The van der Waals surface area contributed by atoms with Crippen LogP contribution in [0.1, 0.15) is 86.7 Å². The van der Waals surface area contributed by atoms with Crippen LogP contribution in [0.3, 0.4) is 0 Å². The summed E-state index contributed by atoms with van der Waals surface area (Å²) in [4.78, 5) is 42.1. The molecule has 1 saturated heterocycles. The number of hydrogen-bond donors (Lipinski definition) is 1. The number of carbonyl (C=O) groups excluding carboxylic acids is 1. The molecule has 1 aromatic carbocycles. The molecule has 0 saturated carbocycles. The smallest absolute Gasteiger partial charge is 0.329 e. The summed E-state index contributed by atoms with van der Waals surface area (Å²) in [5.41, 5.74) is 3.17. The van der Waals surface area contributed by atoms with E-state index in [0.29, 0.717) is 23.4 Å². The predicted octanol–water partition coefficient (Wildman–Crippen LogP) is 5.47. The monoisotopic (exact) mass is 492 g/mol. The van der Waals surface area contributed by atoms with Gasteiger partial charge in [-0.05, 0) is 41.9 Å². The van der Waals surface area contributed by atoms with E-state index >= 15 is 0 Å². The van der Waals surface area contributed by atoms with Gasteiger partial charge in [0.25, 0.3) is 5.91 Å². The molecule has 3 aromatic rings. The molecule has 0 spiro atoms. The van der Waals surface area contributed by atoms with E-state index in [0.717, 1.165) is 5.56 Å². The van der Waals surface area contributed by atoms with Gasteiger partial charge in [-0.15, -0.1) is 11.3 Å². The highest BCUT2D eigenvalue weighted by atomic mass is 32.1. The highest BCUT2D eigenvalue weighted by Crippen LogP contribution is 2.54. The second kappa shape index (κ2) is 9.49. The van der Waals surface area contributed by atoms with Gasteiger partial charge < -0.3 is 10.0 Å². The number of likely N-dealkylation sites (tertiary alicyclic amines) is 1. The lowest BCUT2D eigenvalue weighted by atomic mass is 9.82. The summed E-state index contributed by atoms with van der Waals surface area (Å²) in [6.45, 7) is 10.3. The zero-order valence-corrected chi connectivity index (χ0v) is 21.6. The normalized spacial score (nSPS) is 22.5. The van der Waals surface area contributed by atoms with Gasteiger partial charge in [0.05, 0.1) is 22.9 Å². The molecule has 0 unspecified atom stereocenters. The van der Waals surface area contributed by atoms with Crippen molar-refractivity contribution in [3.8, 4) is 0 Å². The molecule has 1 amide bonds. The molecule has 3 atom stereocenters. The topological polar surface area (TPSA) is 96.3 Å². The zero-order chi connectivity index (χ0) is 25.4. The van der Waals surface area contributed by atoms with Gasteiger partial charge in [0, 0.05) is 35.5 Å². The molecular formula is C27H32N4O3S. The first-order valence-electron chi connectivity index (χ1n) is 11.9. The summed E-state index contributed by atoms with van der Waals surface area (Å²) in [5.74, 6) is -1.60. The maximum atomic E-state index is 14.2. The molecule has 0 bridgehead atoms. The van der Waals surface area contributed by atoms with Gasteiger partial charge in [0.2, 0.25) is 0 Å². The third-order valence-electron chi connectivity index (χ3n) is 6.76. The zero-order valence-electron chi connectivity index (χ0n) is 20.8. The van der Waals surface area contributed by atoms with Gasteiger partial charge in [-0.2, -0.15) is 0 Å². The van der Waals surface area contributed by atoms with E-state index in [4.69, 9.17) is 0 Å². The van der Waals surface area contributed by atoms with Crippen LogP contribution >= 0.6 is 11.3 Å². The lowest BCUT2D eigenvalue weighted by Gasteiger charge is -2.39. The van der Waals surface area contributed by atoms with Crippen LogP contribution in [0.4, 0.5) is 0 Å². The van der Waals surface area contributed by atoms with Crippen molar-refractivity contribution < 1.29 is 14.7 Å². The Hall–Kier alpha value is -3.13. The van der Waals surface area contributed by atoms with Crippen LogP contribution in [0.15, 0.2) is 53.7 Å². The minimum atomic E-state index is -1.40. The number of aromatic nitrogens is 3. The van der Waals surface area contributed by atoms with Crippen molar-refractivity contribution in [1.29, 1.82) is 0 Å². The molecular weight excluding hydrogens is 460 g/mol. The first kappa shape index (κ1) is 25.0. The summed E-state index contributed by atoms with van der Waals surface area (Å²) in [7, 11) is 0. The standard InChI is InChI=1S/C27H32N4O3S/c1-17(2)12-27(25(33)34)13-20(21-14-28-10-11-29-21)23(22-15-35-16-30-22)31(27)24(32)18-6-8-19(9-7-18)26(3,4)5/h6-11,14-17,20,23H,12-13H2,1-5H3,(H,33,34)/t20-,23-,27+/m1/s1. The van der Waals surface area contributed by atoms with Crippen LogP contribution in [0.5, 0.6) is 0 Å². The van der Waals surface area contributed by atoms with Gasteiger partial charge in [-0.25, -0.2) is 9.78 Å². The number of amides is 1. The van der Waals surface area contributed by atoms with Crippen molar-refractivity contribution >= 4 is 23.2 Å². The average Bonchev–Trinajstić information content (AvgIpc) is 3.45. The van der Waals surface area contributed by atoms with Crippen LogP contribution in [0.25, 0.3) is 0 Å². The minimum absolute atomic E-state index is 0.0568. The molecule has 184 valence electrons. The predicted molar refractivity (Wildman–Crippen MR) is 135 cm³/mol. The number of benzene rings is 1. The number of rotatable bonds is 6. The van der Waals surface area contributed by atoms with Crippen LogP contribution in [-0.4, -0.2) is 42.4 Å². The molecule has 8 heteroatoms. The van der Waals surface area contributed by atoms with Gasteiger partial charge in [0.15, 0.2) is 0 Å². The summed E-state index contributed by atoms with van der Waals surface area (Å²) in [5, 5.41) is 12.6. The van der Waals surface area contributed by atoms with E-state index in [2.05, 4.69) is 35.7 Å². The fourth-order valence-corrected chi connectivity index (χ4v) is 5.79. The molecule has 2 aromatic heterocycles. The van der Waals surface area contributed by atoms with E-state index < -0.39 is 17.6 Å². The number of carboxylic acid groups (broad SMARTS) is 1. The van der Waals surface area contributed by atoms with Crippen LogP contribution in [0, 0.1) is 5.92 Å². The van der Waals surface area contributed by atoms with Gasteiger partial charge in [-0.1, -0.05) is 46.8 Å². The molecule has 0 aliphatic carbocycles. The van der Waals surface area contributed by atoms with Crippen molar-refractivity contribution in [2.45, 2.75) is 70.4 Å². The van der Waals surface area contributed by atoms with Gasteiger partial charge in [-0.3, -0.25) is 14.8 Å². The average molecular weight is 493 g/mol. The highest BCUT2D eigenvalue weighted by Gasteiger charge is 2.60. The maximum absolute atomic E-state index is 14.2. The lowest BCUT2D eigenvalue weighted by molar-refractivity contribution is -0.150. The van der Waals surface area contributed by atoms with E-state index in [1.165, 1.54) is 11.3 Å². The molecule has 1 aliphatic rings. The van der Waals surface area contributed by atoms with Crippen molar-refractivity contribution in [2.75, 3.05) is 0 Å². The Morgan fingerprint density at radius 1 is 1.14 bits per heavy atom. The van der Waals surface area contributed by atoms with Crippen molar-refractivity contribution in [1.82, 2.24) is 19.9 Å². The Morgan fingerprint density at radius 3 is 2.37 bits per heavy atom. The Balaban J connectivity index is 1.89. The number of nitrogens with zero attached hydrogens (tertiary/aromatic N) is 4. The second-order valence-corrected chi connectivity index (χ2v) is 11.5. The fourth-order valence-electron chi connectivity index (χ4n) is 5.20. The Bertz CT molecular complexity index is 1170. The number of carbonyl (C=O) groups is 2. The largest absolute Gasteiger partial charge is 0.479 e. The molecule has 0 radical (unpaired) electrons. The summed E-state index contributed by atoms with van der Waals surface area (Å²) < 4.78 is 0. The first-order valence-corrected chi connectivity index (χ1v) is 12.8. The van der Waals surface area contributed by atoms with Crippen molar-refractivity contribution in [3.05, 3.63) is 76.3 Å². The molecule has 3 heterocycles. The first-order chi connectivity index (χ1) is 16.5. The molecule has 4 rings (SSSR count). The molecule has 1 fully saturated rings. The van der Waals surface area contributed by atoms with E-state index in [1.807, 2.05) is 31.4 Å². The number of thiazole rings is 1. The SMILES string of the molecule is CC(C)C[C@@]1(C(=O)O)C[C@H](c2cnccn2)[C@H](c2cscn2)N1C(=O)c1ccc(C(C)(C)C)cc1. The molecule has 7 nitrogen and oxygen atoms in total. The third-order valence-corrected chi connectivity index (χ3v) is 7.36. The highest BCUT2D eigenvalue weighted by molar-refractivity contribution is 7.07. The number of hydrogen-bond acceptors (Lipinski definition) is 6. The fraction of sp³-hybridized carbons (Fsp3) is 0.444. The van der Waals surface area contributed by atoms with Crippen LogP contribution in [0.2, 0.25) is 0 Å². The molecule has 35 heavy (non-hydrogen) atoms. The van der Waals surface area contributed by atoms with Crippen molar-refractivity contribution in [3.63, 3.8) is 0 Å². The van der Waals surface area contributed by atoms with Gasteiger partial charge >= 0.3 is 5.97 Å². The Labute approximate surface area is 210 Å². The summed E-state index contributed by atoms with van der Waals surface area (Å²) >= 11 is 1.43. The van der Waals surface area contributed by atoms with Crippen molar-refractivity contribution in [2.24, 2.45) is 5.92 Å². The maximum Gasteiger partial charge on any atom is 0.329 e. The lowest BCUT2D eigenvalue weighted by Crippen LogP contribution is -2.54. The Morgan fingerprint density at radius 2 is 1.86 bits per heavy atom. The van der Waals surface area contributed by atoms with Gasteiger partial charge in [0.1, 0.15) is 5.54 Å². The number of carboxylic acids is 1. The second-order valence-electron chi connectivity index (χ2n) is 10.7. The minimum Gasteiger partial charge on any atom is -0.479 e. The molecule has 1 aliphatic heterocycles. The quantitative estimate of drug-likeness (QED) is 0.490. The molecule has 1 N–H and O–H groups in total. The summed E-state index contributed by atoms with van der Waals surface area (Å²) in [6.07, 6.45) is 5.43. The van der Waals surface area contributed by atoms with E-state index in [1.54, 1.807) is 41.1 Å². The van der Waals surface area contributed by atoms with E-state index in [9.17, 15) is 14.7 Å². The third kappa shape index (κ3) is 4.72.